The van der Waals surface area contributed by atoms with E-state index < -0.39 is 10.0 Å². The van der Waals surface area contributed by atoms with Gasteiger partial charge >= 0.3 is 0 Å². The second-order valence-corrected chi connectivity index (χ2v) is 5.94. The van der Waals surface area contributed by atoms with Crippen LogP contribution in [-0.4, -0.2) is 17.6 Å². The van der Waals surface area contributed by atoms with Crippen LogP contribution in [0.4, 0.5) is 0 Å². The van der Waals surface area contributed by atoms with Gasteiger partial charge in [0.25, 0.3) is 10.0 Å². The Kier molecular flexibility index (Phi) is 2.86. The maximum absolute atomic E-state index is 12.0. The maximum atomic E-state index is 12.0. The van der Waals surface area contributed by atoms with Gasteiger partial charge in [-0.1, -0.05) is 15.9 Å². The molecular weight excluding hydrogens is 292 g/mol. The third-order valence-corrected chi connectivity index (χ3v) is 4.60. The summed E-state index contributed by atoms with van der Waals surface area (Å²) >= 11 is 3.33. The van der Waals surface area contributed by atoms with Crippen LogP contribution in [0.2, 0.25) is 0 Å². The van der Waals surface area contributed by atoms with Crippen molar-refractivity contribution in [2.45, 2.75) is 11.8 Å². The lowest BCUT2D eigenvalue weighted by atomic mass is 10.2. The standard InChI is InChI=1S/C10H9BrN2O2S/c1-8-7-9(3-4-10(8)11)16(14,15)13-6-2-5-12-13/h2-7H,1H3. The number of hydrogen-bond acceptors (Lipinski definition) is 3. The molecular formula is C10H9BrN2O2S. The van der Waals surface area contributed by atoms with E-state index in [9.17, 15) is 8.42 Å². The van der Waals surface area contributed by atoms with Crippen molar-refractivity contribution in [3.05, 3.63) is 46.7 Å². The van der Waals surface area contributed by atoms with Gasteiger partial charge in [-0.15, -0.1) is 0 Å². The Balaban J connectivity index is 2.57. The molecule has 0 bridgehead atoms. The predicted molar refractivity (Wildman–Crippen MR) is 63.7 cm³/mol. The zero-order chi connectivity index (χ0) is 11.8. The molecule has 0 N–H and O–H groups in total. The number of benzene rings is 1. The molecule has 2 rings (SSSR count). The maximum Gasteiger partial charge on any atom is 0.282 e. The van der Waals surface area contributed by atoms with Gasteiger partial charge < -0.3 is 0 Å². The summed E-state index contributed by atoms with van der Waals surface area (Å²) in [5.74, 6) is 0. The fourth-order valence-electron chi connectivity index (χ4n) is 1.28. The topological polar surface area (TPSA) is 52.0 Å². The SMILES string of the molecule is Cc1cc(S(=O)(=O)n2cccn2)ccc1Br. The largest absolute Gasteiger partial charge is 0.282 e. The van der Waals surface area contributed by atoms with Gasteiger partial charge in [0, 0.05) is 10.7 Å². The number of hydrogen-bond donors (Lipinski definition) is 0. The molecule has 1 aromatic carbocycles. The molecule has 0 aliphatic rings. The molecule has 0 fully saturated rings. The van der Waals surface area contributed by atoms with Crippen LogP contribution >= 0.6 is 15.9 Å². The minimum Gasteiger partial charge on any atom is -0.199 e. The molecule has 0 amide bonds. The molecule has 0 spiro atoms. The van der Waals surface area contributed by atoms with Crippen molar-refractivity contribution in [3.8, 4) is 0 Å². The fourth-order valence-corrected chi connectivity index (χ4v) is 2.72. The Labute approximate surface area is 102 Å². The second-order valence-electron chi connectivity index (χ2n) is 3.29. The molecule has 16 heavy (non-hydrogen) atoms. The molecule has 6 heteroatoms. The number of aryl methyl sites for hydroxylation is 1. The molecule has 0 atom stereocenters. The summed E-state index contributed by atoms with van der Waals surface area (Å²) in [6, 6.07) is 6.45. The summed E-state index contributed by atoms with van der Waals surface area (Å²) < 4.78 is 25.9. The van der Waals surface area contributed by atoms with E-state index in [2.05, 4.69) is 21.0 Å². The highest BCUT2D eigenvalue weighted by molar-refractivity contribution is 9.10. The lowest BCUT2D eigenvalue weighted by Gasteiger charge is -2.05. The second kappa shape index (κ2) is 4.03. The Bertz CT molecular complexity index is 606. The van der Waals surface area contributed by atoms with E-state index in [1.807, 2.05) is 6.92 Å². The van der Waals surface area contributed by atoms with E-state index in [1.165, 1.54) is 12.4 Å². The summed E-state index contributed by atoms with van der Waals surface area (Å²) in [5, 5.41) is 3.73. The molecule has 0 saturated heterocycles. The monoisotopic (exact) mass is 300 g/mol. The summed E-state index contributed by atoms with van der Waals surface area (Å²) in [7, 11) is -3.55. The van der Waals surface area contributed by atoms with Crippen LogP contribution in [0.3, 0.4) is 0 Å². The van der Waals surface area contributed by atoms with Crippen molar-refractivity contribution in [2.24, 2.45) is 0 Å². The van der Waals surface area contributed by atoms with E-state index in [4.69, 9.17) is 0 Å². The van der Waals surface area contributed by atoms with E-state index in [0.29, 0.717) is 0 Å². The summed E-state index contributed by atoms with van der Waals surface area (Å²) in [5.41, 5.74) is 0.869. The van der Waals surface area contributed by atoms with Crippen molar-refractivity contribution in [3.63, 3.8) is 0 Å². The number of aromatic nitrogens is 2. The van der Waals surface area contributed by atoms with Crippen molar-refractivity contribution >= 4 is 26.0 Å². The van der Waals surface area contributed by atoms with Crippen molar-refractivity contribution in [1.29, 1.82) is 0 Å². The molecule has 2 aromatic rings. The first-order valence-electron chi connectivity index (χ1n) is 4.53. The predicted octanol–water partition coefficient (Wildman–Crippen LogP) is 2.19. The minimum atomic E-state index is -3.55. The van der Waals surface area contributed by atoms with Gasteiger partial charge in [0.05, 0.1) is 11.1 Å². The van der Waals surface area contributed by atoms with E-state index in [0.717, 1.165) is 14.1 Å². The highest BCUT2D eigenvalue weighted by Gasteiger charge is 2.17. The first-order chi connectivity index (χ1) is 7.51. The van der Waals surface area contributed by atoms with Crippen LogP contribution in [0.5, 0.6) is 0 Å². The smallest absolute Gasteiger partial charge is 0.199 e. The Morgan fingerprint density at radius 2 is 2.12 bits per heavy atom. The fraction of sp³-hybridized carbons (Fsp3) is 0.100. The highest BCUT2D eigenvalue weighted by Crippen LogP contribution is 2.21. The molecule has 0 radical (unpaired) electrons. The lowest BCUT2D eigenvalue weighted by Crippen LogP contribution is -2.13. The first kappa shape index (κ1) is 11.3. The molecule has 0 saturated carbocycles. The molecule has 1 aromatic heterocycles. The van der Waals surface area contributed by atoms with Gasteiger partial charge in [-0.2, -0.15) is 17.6 Å². The first-order valence-corrected chi connectivity index (χ1v) is 6.76. The molecule has 1 heterocycles. The number of nitrogens with zero attached hydrogens (tertiary/aromatic N) is 2. The minimum absolute atomic E-state index is 0.233. The molecule has 0 aliphatic heterocycles. The van der Waals surface area contributed by atoms with Gasteiger partial charge in [0.15, 0.2) is 0 Å². The lowest BCUT2D eigenvalue weighted by molar-refractivity contribution is 0.580. The Morgan fingerprint density at radius 1 is 1.38 bits per heavy atom. The van der Waals surface area contributed by atoms with Crippen molar-refractivity contribution in [2.75, 3.05) is 0 Å². The average Bonchev–Trinajstić information content (AvgIpc) is 2.75. The third-order valence-electron chi connectivity index (χ3n) is 2.15. The van der Waals surface area contributed by atoms with Crippen molar-refractivity contribution < 1.29 is 8.42 Å². The van der Waals surface area contributed by atoms with Gasteiger partial charge in [-0.05, 0) is 36.8 Å². The van der Waals surface area contributed by atoms with Crippen LogP contribution in [0, 0.1) is 6.92 Å². The average molecular weight is 301 g/mol. The molecule has 0 unspecified atom stereocenters. The van der Waals surface area contributed by atoms with Gasteiger partial charge in [-0.3, -0.25) is 0 Å². The van der Waals surface area contributed by atoms with Crippen LogP contribution < -0.4 is 0 Å². The Hall–Kier alpha value is -1.14. The Morgan fingerprint density at radius 3 is 2.69 bits per heavy atom. The molecule has 0 aliphatic carbocycles. The van der Waals surface area contributed by atoms with Gasteiger partial charge in [0.2, 0.25) is 0 Å². The van der Waals surface area contributed by atoms with E-state index in [-0.39, 0.29) is 4.90 Å². The number of halogens is 1. The van der Waals surface area contributed by atoms with Gasteiger partial charge in [0.1, 0.15) is 0 Å². The van der Waals surface area contributed by atoms with Gasteiger partial charge in [-0.25, -0.2) is 0 Å². The van der Waals surface area contributed by atoms with Crippen LogP contribution in [0.1, 0.15) is 5.56 Å². The third kappa shape index (κ3) is 1.90. The van der Waals surface area contributed by atoms with Crippen LogP contribution in [-0.2, 0) is 10.0 Å². The zero-order valence-electron chi connectivity index (χ0n) is 8.46. The molecule has 84 valence electrons. The van der Waals surface area contributed by atoms with E-state index in [1.54, 1.807) is 24.3 Å². The van der Waals surface area contributed by atoms with Crippen LogP contribution in [0.25, 0.3) is 0 Å². The van der Waals surface area contributed by atoms with Crippen LogP contribution in [0.15, 0.2) is 46.0 Å². The number of rotatable bonds is 2. The zero-order valence-corrected chi connectivity index (χ0v) is 10.9. The summed E-state index contributed by atoms with van der Waals surface area (Å²) in [6.07, 6.45) is 2.84. The molecule has 4 nitrogen and oxygen atoms in total. The quantitative estimate of drug-likeness (QED) is 0.854. The summed E-state index contributed by atoms with van der Waals surface area (Å²) in [6.45, 7) is 1.84. The van der Waals surface area contributed by atoms with Crippen molar-refractivity contribution in [1.82, 2.24) is 9.19 Å². The highest BCUT2D eigenvalue weighted by atomic mass is 79.9. The summed E-state index contributed by atoms with van der Waals surface area (Å²) in [4.78, 5) is 0.233. The normalized spacial score (nSPS) is 11.6. The van der Waals surface area contributed by atoms with E-state index >= 15 is 0 Å².